The molecule has 0 aliphatic carbocycles. The normalized spacial score (nSPS) is 16.2. The minimum atomic E-state index is -0.286. The third-order valence-corrected chi connectivity index (χ3v) is 5.01. The van der Waals surface area contributed by atoms with E-state index in [4.69, 9.17) is 4.74 Å². The Kier molecular flexibility index (Phi) is 10.3. The van der Waals surface area contributed by atoms with Gasteiger partial charge in [-0.1, -0.05) is 18.2 Å². The van der Waals surface area contributed by atoms with Crippen molar-refractivity contribution in [1.82, 2.24) is 20.5 Å². The van der Waals surface area contributed by atoms with E-state index in [0.29, 0.717) is 31.5 Å². The molecule has 3 rings (SSSR count). The highest BCUT2D eigenvalue weighted by atomic mass is 127. The first-order valence-electron chi connectivity index (χ1n) is 10.2. The lowest BCUT2D eigenvalue weighted by molar-refractivity contribution is 0.259. The number of halogens is 2. The minimum Gasteiger partial charge on any atom is -0.492 e. The summed E-state index contributed by atoms with van der Waals surface area (Å²) in [5.41, 5.74) is 1.07. The van der Waals surface area contributed by atoms with Gasteiger partial charge >= 0.3 is 0 Å². The summed E-state index contributed by atoms with van der Waals surface area (Å²) in [7, 11) is 5.80. The Morgan fingerprint density at radius 2 is 2.10 bits per heavy atom. The Morgan fingerprint density at radius 3 is 2.84 bits per heavy atom. The summed E-state index contributed by atoms with van der Waals surface area (Å²) in [5, 5.41) is 6.79. The van der Waals surface area contributed by atoms with Crippen molar-refractivity contribution in [1.29, 1.82) is 0 Å². The number of pyridine rings is 1. The number of rotatable bonds is 8. The molecule has 0 spiro atoms. The zero-order chi connectivity index (χ0) is 21.3. The summed E-state index contributed by atoms with van der Waals surface area (Å²) in [4.78, 5) is 12.6. The van der Waals surface area contributed by atoms with Crippen LogP contribution in [0, 0.1) is 5.82 Å². The van der Waals surface area contributed by atoms with Gasteiger partial charge in [0.1, 0.15) is 12.4 Å². The fourth-order valence-corrected chi connectivity index (χ4v) is 3.38. The van der Waals surface area contributed by atoms with Gasteiger partial charge in [0, 0.05) is 51.0 Å². The molecular formula is C22H32FIN6O. The third kappa shape index (κ3) is 7.49. The van der Waals surface area contributed by atoms with Crippen molar-refractivity contribution in [3.63, 3.8) is 0 Å². The molecule has 1 aliphatic heterocycles. The van der Waals surface area contributed by atoms with Gasteiger partial charge in [-0.3, -0.25) is 4.99 Å². The van der Waals surface area contributed by atoms with E-state index in [1.807, 2.05) is 43.3 Å². The summed E-state index contributed by atoms with van der Waals surface area (Å²) in [6.07, 6.45) is 2.51. The molecular weight excluding hydrogens is 510 g/mol. The van der Waals surface area contributed by atoms with E-state index in [1.165, 1.54) is 6.07 Å². The largest absolute Gasteiger partial charge is 0.492 e. The van der Waals surface area contributed by atoms with Crippen LogP contribution in [0.25, 0.3) is 0 Å². The van der Waals surface area contributed by atoms with Crippen molar-refractivity contribution < 1.29 is 9.13 Å². The highest BCUT2D eigenvalue weighted by molar-refractivity contribution is 14.0. The molecule has 31 heavy (non-hydrogen) atoms. The topological polar surface area (TPSA) is 65.0 Å². The van der Waals surface area contributed by atoms with Crippen LogP contribution in [-0.2, 0) is 6.54 Å². The van der Waals surface area contributed by atoms with Crippen LogP contribution in [0.15, 0.2) is 47.6 Å². The Balaban J connectivity index is 0.00000341. The molecule has 1 atom stereocenters. The van der Waals surface area contributed by atoms with Gasteiger partial charge in [0.25, 0.3) is 0 Å². The summed E-state index contributed by atoms with van der Waals surface area (Å²) < 4.78 is 19.9. The Morgan fingerprint density at radius 1 is 1.29 bits per heavy atom. The fraction of sp³-hybridized carbons (Fsp3) is 0.455. The van der Waals surface area contributed by atoms with E-state index in [2.05, 4.69) is 25.5 Å². The van der Waals surface area contributed by atoms with Crippen LogP contribution in [0.3, 0.4) is 0 Å². The first kappa shape index (κ1) is 25.1. The number of hydrogen-bond donors (Lipinski definition) is 2. The van der Waals surface area contributed by atoms with Crippen LogP contribution >= 0.6 is 24.0 Å². The zero-order valence-corrected chi connectivity index (χ0v) is 20.7. The Bertz CT molecular complexity index is 850. The number of guanidine groups is 1. The van der Waals surface area contributed by atoms with Crippen LogP contribution in [0.2, 0.25) is 0 Å². The van der Waals surface area contributed by atoms with Gasteiger partial charge in [0.15, 0.2) is 17.6 Å². The van der Waals surface area contributed by atoms with E-state index < -0.39 is 0 Å². The van der Waals surface area contributed by atoms with Crippen LogP contribution in [-0.4, -0.2) is 69.3 Å². The molecule has 0 bridgehead atoms. The Labute approximate surface area is 201 Å². The molecule has 0 radical (unpaired) electrons. The molecule has 1 unspecified atom stereocenters. The minimum absolute atomic E-state index is 0. The molecule has 1 aromatic heterocycles. The van der Waals surface area contributed by atoms with Gasteiger partial charge in [-0.25, -0.2) is 9.37 Å². The van der Waals surface area contributed by atoms with Gasteiger partial charge in [-0.2, -0.15) is 0 Å². The average Bonchev–Trinajstić information content (AvgIpc) is 3.20. The van der Waals surface area contributed by atoms with Gasteiger partial charge in [-0.05, 0) is 38.7 Å². The van der Waals surface area contributed by atoms with E-state index in [1.54, 1.807) is 19.3 Å². The molecule has 0 amide bonds. The van der Waals surface area contributed by atoms with Crippen molar-refractivity contribution in [2.45, 2.75) is 19.0 Å². The number of hydrogen-bond acceptors (Lipinski definition) is 5. The molecule has 1 saturated heterocycles. The molecule has 1 aromatic carbocycles. The lowest BCUT2D eigenvalue weighted by Gasteiger charge is -2.20. The number of benzene rings is 1. The van der Waals surface area contributed by atoms with Gasteiger partial charge in [0.2, 0.25) is 0 Å². The molecule has 170 valence electrons. The molecule has 1 fully saturated rings. The van der Waals surface area contributed by atoms with Crippen molar-refractivity contribution in [3.05, 3.63) is 54.0 Å². The standard InChI is InChI=1S/C22H31FN6O.HI/c1-24-22(26-15-17-7-4-5-9-20(17)30-14-13-28(2)3)27-18-10-12-29(16-18)21-19(23)8-6-11-25-21;/h4-9,11,18H,10,12-16H2,1-3H3,(H2,24,26,27);1H. The van der Waals surface area contributed by atoms with Crippen molar-refractivity contribution in [3.8, 4) is 5.75 Å². The summed E-state index contributed by atoms with van der Waals surface area (Å²) >= 11 is 0. The first-order chi connectivity index (χ1) is 14.6. The highest BCUT2D eigenvalue weighted by Gasteiger charge is 2.25. The quantitative estimate of drug-likeness (QED) is 0.304. The van der Waals surface area contributed by atoms with Gasteiger partial charge in [0.05, 0.1) is 0 Å². The average molecular weight is 542 g/mol. The predicted octanol–water partition coefficient (Wildman–Crippen LogP) is 2.72. The number of ether oxygens (including phenoxy) is 1. The van der Waals surface area contributed by atoms with Gasteiger partial charge in [-0.15, -0.1) is 24.0 Å². The summed E-state index contributed by atoms with van der Waals surface area (Å²) in [5.74, 6) is 1.71. The molecule has 0 saturated carbocycles. The monoisotopic (exact) mass is 542 g/mol. The number of aliphatic imine (C=N–C) groups is 1. The van der Waals surface area contributed by atoms with Gasteiger partial charge < -0.3 is 25.2 Å². The Hall–Kier alpha value is -2.14. The number of anilines is 1. The molecule has 9 heteroatoms. The maximum absolute atomic E-state index is 14.0. The van der Waals surface area contributed by atoms with E-state index >= 15 is 0 Å². The second kappa shape index (κ2) is 12.7. The second-order valence-electron chi connectivity index (χ2n) is 7.57. The van der Waals surface area contributed by atoms with Crippen molar-refractivity contribution in [2.24, 2.45) is 4.99 Å². The smallest absolute Gasteiger partial charge is 0.191 e. The summed E-state index contributed by atoms with van der Waals surface area (Å²) in [6.45, 7) is 3.53. The maximum Gasteiger partial charge on any atom is 0.191 e. The number of nitrogens with one attached hydrogen (secondary N) is 2. The maximum atomic E-state index is 14.0. The predicted molar refractivity (Wildman–Crippen MR) is 134 cm³/mol. The summed E-state index contributed by atoms with van der Waals surface area (Å²) in [6, 6.07) is 11.2. The van der Waals surface area contributed by atoms with Crippen LogP contribution < -0.4 is 20.3 Å². The van der Waals surface area contributed by atoms with Crippen LogP contribution in [0.4, 0.5) is 10.2 Å². The molecule has 1 aliphatic rings. The number of nitrogens with zero attached hydrogens (tertiary/aromatic N) is 4. The van der Waals surface area contributed by atoms with Crippen molar-refractivity contribution in [2.75, 3.05) is 52.3 Å². The van der Waals surface area contributed by atoms with E-state index in [9.17, 15) is 4.39 Å². The fourth-order valence-electron chi connectivity index (χ4n) is 3.38. The number of likely N-dealkylation sites (N-methyl/N-ethyl adjacent to an activating group) is 1. The SMILES string of the molecule is CN=C(NCc1ccccc1OCCN(C)C)NC1CCN(c2ncccc2F)C1.I. The highest BCUT2D eigenvalue weighted by Crippen LogP contribution is 2.21. The van der Waals surface area contributed by atoms with Crippen molar-refractivity contribution >= 4 is 35.8 Å². The molecule has 7 nitrogen and oxygen atoms in total. The van der Waals surface area contributed by atoms with E-state index in [-0.39, 0.29) is 35.8 Å². The van der Waals surface area contributed by atoms with E-state index in [0.717, 1.165) is 30.8 Å². The second-order valence-corrected chi connectivity index (χ2v) is 7.57. The molecule has 2 heterocycles. The lowest BCUT2D eigenvalue weighted by atomic mass is 10.2. The zero-order valence-electron chi connectivity index (χ0n) is 18.3. The molecule has 2 N–H and O–H groups in total. The van der Waals surface area contributed by atoms with Crippen LogP contribution in [0.5, 0.6) is 5.75 Å². The first-order valence-corrected chi connectivity index (χ1v) is 10.2. The van der Waals surface area contributed by atoms with Crippen LogP contribution in [0.1, 0.15) is 12.0 Å². The number of para-hydroxylation sites is 1. The molecule has 2 aromatic rings. The number of aromatic nitrogens is 1. The lowest BCUT2D eigenvalue weighted by Crippen LogP contribution is -2.44. The third-order valence-electron chi connectivity index (χ3n) is 5.01.